The number of hydrogen-bond donors (Lipinski definition) is 1. The van der Waals surface area contributed by atoms with Crippen LogP contribution in [0, 0.1) is 11.3 Å². The fourth-order valence-electron chi connectivity index (χ4n) is 1.41. The van der Waals surface area contributed by atoms with Crippen molar-refractivity contribution >= 4 is 28.6 Å². The number of thiazole rings is 1. The molecule has 2 rings (SSSR count). The molecular weight excluding hydrogens is 254 g/mol. The Labute approximate surface area is 109 Å². The normalized spacial score (nSPS) is 9.88. The average molecular weight is 264 g/mol. The van der Waals surface area contributed by atoms with Crippen molar-refractivity contribution < 1.29 is 0 Å². The molecule has 1 N–H and O–H groups in total. The van der Waals surface area contributed by atoms with Gasteiger partial charge >= 0.3 is 0 Å². The van der Waals surface area contributed by atoms with Crippen molar-refractivity contribution in [2.45, 2.75) is 6.42 Å². The van der Waals surface area contributed by atoms with Crippen molar-refractivity contribution in [1.29, 1.82) is 5.26 Å². The third-order valence-corrected chi connectivity index (χ3v) is 3.39. The van der Waals surface area contributed by atoms with Gasteiger partial charge in [0.15, 0.2) is 0 Å². The van der Waals surface area contributed by atoms with E-state index in [1.54, 1.807) is 29.7 Å². The van der Waals surface area contributed by atoms with Gasteiger partial charge < -0.3 is 5.32 Å². The van der Waals surface area contributed by atoms with E-state index in [1.807, 2.05) is 11.4 Å². The van der Waals surface area contributed by atoms with Gasteiger partial charge in [-0.15, -0.1) is 11.3 Å². The quantitative estimate of drug-likeness (QED) is 0.921. The number of nitrogens with one attached hydrogen (secondary N) is 1. The fraction of sp³-hybridized carbons (Fsp3) is 0.167. The summed E-state index contributed by atoms with van der Waals surface area (Å²) in [5, 5.41) is 15.6. The molecule has 1 heterocycles. The van der Waals surface area contributed by atoms with Crippen LogP contribution in [0.15, 0.2) is 29.8 Å². The summed E-state index contributed by atoms with van der Waals surface area (Å²) in [5.74, 6) is 0. The molecule has 1 aromatic heterocycles. The summed E-state index contributed by atoms with van der Waals surface area (Å²) >= 11 is 7.68. The minimum absolute atomic E-state index is 0.570. The Kier molecular flexibility index (Phi) is 3.97. The van der Waals surface area contributed by atoms with E-state index in [-0.39, 0.29) is 0 Å². The minimum atomic E-state index is 0.570. The van der Waals surface area contributed by atoms with Gasteiger partial charge in [0.25, 0.3) is 0 Å². The largest absolute Gasteiger partial charge is 0.383 e. The van der Waals surface area contributed by atoms with E-state index >= 15 is 0 Å². The summed E-state index contributed by atoms with van der Waals surface area (Å²) in [6, 6.07) is 7.28. The molecular formula is C12H10ClN3S. The lowest BCUT2D eigenvalue weighted by molar-refractivity contribution is 0.998. The molecule has 0 aliphatic heterocycles. The molecule has 0 radical (unpaired) electrons. The zero-order valence-corrected chi connectivity index (χ0v) is 10.6. The predicted molar refractivity (Wildman–Crippen MR) is 70.5 cm³/mol. The highest BCUT2D eigenvalue weighted by molar-refractivity contribution is 7.09. The fourth-order valence-corrected chi connectivity index (χ4v) is 2.28. The molecule has 0 atom stereocenters. The van der Waals surface area contributed by atoms with Gasteiger partial charge in [-0.2, -0.15) is 5.26 Å². The molecule has 0 saturated carbocycles. The summed E-state index contributed by atoms with van der Waals surface area (Å²) < 4.78 is 0. The van der Waals surface area contributed by atoms with Crippen LogP contribution < -0.4 is 5.32 Å². The first-order valence-corrected chi connectivity index (χ1v) is 6.37. The molecule has 3 nitrogen and oxygen atoms in total. The Morgan fingerprint density at radius 1 is 1.47 bits per heavy atom. The molecule has 86 valence electrons. The standard InChI is InChI=1S/C12H10ClN3S/c13-10-7-9(8-14)1-2-11(10)15-4-3-12-16-5-6-17-12/h1-2,5-7,15H,3-4H2. The van der Waals surface area contributed by atoms with Gasteiger partial charge in [-0.25, -0.2) is 4.98 Å². The van der Waals surface area contributed by atoms with E-state index in [0.717, 1.165) is 23.7 Å². The van der Waals surface area contributed by atoms with Crippen molar-refractivity contribution in [2.75, 3.05) is 11.9 Å². The number of anilines is 1. The highest BCUT2D eigenvalue weighted by Gasteiger charge is 2.01. The Hall–Kier alpha value is -1.57. The van der Waals surface area contributed by atoms with Crippen LogP contribution in [-0.2, 0) is 6.42 Å². The first-order chi connectivity index (χ1) is 8.29. The zero-order chi connectivity index (χ0) is 12.1. The van der Waals surface area contributed by atoms with E-state index in [1.165, 1.54) is 0 Å². The lowest BCUT2D eigenvalue weighted by Crippen LogP contribution is -2.05. The van der Waals surface area contributed by atoms with Crippen molar-refractivity contribution in [3.63, 3.8) is 0 Å². The summed E-state index contributed by atoms with van der Waals surface area (Å²) in [6.07, 6.45) is 2.67. The molecule has 0 fully saturated rings. The molecule has 0 unspecified atom stereocenters. The van der Waals surface area contributed by atoms with Gasteiger partial charge in [0.1, 0.15) is 0 Å². The lowest BCUT2D eigenvalue weighted by Gasteiger charge is -2.07. The van der Waals surface area contributed by atoms with Crippen molar-refractivity contribution in [3.8, 4) is 6.07 Å². The van der Waals surface area contributed by atoms with Gasteiger partial charge in [0.2, 0.25) is 0 Å². The van der Waals surface area contributed by atoms with Gasteiger partial charge in [-0.05, 0) is 18.2 Å². The Bertz CT molecular complexity index is 531. The van der Waals surface area contributed by atoms with Crippen LogP contribution in [0.1, 0.15) is 10.6 Å². The van der Waals surface area contributed by atoms with E-state index in [9.17, 15) is 0 Å². The van der Waals surface area contributed by atoms with Crippen LogP contribution in [0.4, 0.5) is 5.69 Å². The number of aromatic nitrogens is 1. The zero-order valence-electron chi connectivity index (χ0n) is 8.98. The third-order valence-electron chi connectivity index (χ3n) is 2.24. The van der Waals surface area contributed by atoms with Crippen molar-refractivity contribution in [3.05, 3.63) is 45.4 Å². The van der Waals surface area contributed by atoms with E-state index in [0.29, 0.717) is 10.6 Å². The number of halogens is 1. The topological polar surface area (TPSA) is 48.7 Å². The highest BCUT2D eigenvalue weighted by atomic mass is 35.5. The Balaban J connectivity index is 1.93. The number of nitriles is 1. The average Bonchev–Trinajstić information content (AvgIpc) is 2.84. The summed E-state index contributed by atoms with van der Waals surface area (Å²) in [6.45, 7) is 0.777. The summed E-state index contributed by atoms with van der Waals surface area (Å²) in [5.41, 5.74) is 1.42. The molecule has 1 aromatic carbocycles. The number of hydrogen-bond acceptors (Lipinski definition) is 4. The predicted octanol–water partition coefficient (Wildman–Crippen LogP) is 3.32. The van der Waals surface area contributed by atoms with E-state index in [4.69, 9.17) is 16.9 Å². The van der Waals surface area contributed by atoms with Crippen LogP contribution in [0.5, 0.6) is 0 Å². The molecule has 5 heteroatoms. The number of nitrogens with zero attached hydrogens (tertiary/aromatic N) is 2. The second-order valence-electron chi connectivity index (χ2n) is 3.41. The lowest BCUT2D eigenvalue weighted by atomic mass is 10.2. The molecule has 2 aromatic rings. The molecule has 17 heavy (non-hydrogen) atoms. The maximum absolute atomic E-state index is 8.72. The first-order valence-electron chi connectivity index (χ1n) is 5.11. The monoisotopic (exact) mass is 263 g/mol. The highest BCUT2D eigenvalue weighted by Crippen LogP contribution is 2.22. The maximum Gasteiger partial charge on any atom is 0.0992 e. The third kappa shape index (κ3) is 3.19. The molecule has 0 aliphatic carbocycles. The second-order valence-corrected chi connectivity index (χ2v) is 4.80. The maximum atomic E-state index is 8.72. The van der Waals surface area contributed by atoms with Crippen LogP contribution in [0.3, 0.4) is 0 Å². The minimum Gasteiger partial charge on any atom is -0.383 e. The molecule has 0 bridgehead atoms. The van der Waals surface area contributed by atoms with Crippen LogP contribution in [0.25, 0.3) is 0 Å². The Morgan fingerprint density at radius 2 is 2.35 bits per heavy atom. The second kappa shape index (κ2) is 5.67. The van der Waals surface area contributed by atoms with Gasteiger partial charge in [0, 0.05) is 24.5 Å². The van der Waals surface area contributed by atoms with Crippen LogP contribution in [-0.4, -0.2) is 11.5 Å². The van der Waals surface area contributed by atoms with Gasteiger partial charge in [-0.3, -0.25) is 0 Å². The molecule has 0 saturated heterocycles. The summed E-state index contributed by atoms with van der Waals surface area (Å²) in [4.78, 5) is 4.20. The van der Waals surface area contributed by atoms with E-state index < -0.39 is 0 Å². The van der Waals surface area contributed by atoms with Crippen LogP contribution in [0.2, 0.25) is 5.02 Å². The first kappa shape index (κ1) is 11.9. The number of rotatable bonds is 4. The van der Waals surface area contributed by atoms with Gasteiger partial charge in [0.05, 0.1) is 27.4 Å². The smallest absolute Gasteiger partial charge is 0.0992 e. The SMILES string of the molecule is N#Cc1ccc(NCCc2nccs2)c(Cl)c1. The van der Waals surface area contributed by atoms with Crippen molar-refractivity contribution in [2.24, 2.45) is 0 Å². The van der Waals surface area contributed by atoms with Crippen molar-refractivity contribution in [1.82, 2.24) is 4.98 Å². The Morgan fingerprint density at radius 3 is 3.00 bits per heavy atom. The molecule has 0 amide bonds. The van der Waals surface area contributed by atoms with Crippen LogP contribution >= 0.6 is 22.9 Å². The molecule has 0 aliphatic rings. The molecule has 0 spiro atoms. The van der Waals surface area contributed by atoms with E-state index in [2.05, 4.69) is 16.4 Å². The summed E-state index contributed by atoms with van der Waals surface area (Å²) in [7, 11) is 0. The van der Waals surface area contributed by atoms with Gasteiger partial charge in [-0.1, -0.05) is 11.6 Å². The number of benzene rings is 1.